The topological polar surface area (TPSA) is 55.2 Å². The molecular formula is C79H75N5. The fourth-order valence-corrected chi connectivity index (χ4v) is 13.7. The van der Waals surface area contributed by atoms with E-state index >= 15 is 0 Å². The summed E-state index contributed by atoms with van der Waals surface area (Å²) in [4.78, 5) is 7.85. The molecule has 3 aliphatic carbocycles. The average molecular weight is 1090 g/mol. The van der Waals surface area contributed by atoms with Crippen LogP contribution >= 0.6 is 0 Å². The first kappa shape index (κ1) is 54.4. The van der Waals surface area contributed by atoms with E-state index in [0.29, 0.717) is 6.54 Å². The van der Waals surface area contributed by atoms with Crippen LogP contribution in [-0.2, 0) is 31.1 Å². The van der Waals surface area contributed by atoms with Gasteiger partial charge in [-0.25, -0.2) is 0 Å². The SMILES string of the molecule is CCCCCCC1(CCCCCCN=[N+]=[N-])c2cc(-c3ccc(N(c4ccc(C)cc4)c4cccc(-c5ccc6c(c5)CC6)c4)cc3)ccc2-c2ccc(-c3ccc(N(c4ccc(C)cc4)c4cccc(-c5ccc6c(c5)CC6)c4)cc3)cc21. The highest BCUT2D eigenvalue weighted by Crippen LogP contribution is 2.56. The molecule has 0 amide bonds. The second-order valence-electron chi connectivity index (χ2n) is 24.0. The third-order valence-electron chi connectivity index (χ3n) is 18.6. The summed E-state index contributed by atoms with van der Waals surface area (Å²) in [5.74, 6) is 0. The van der Waals surface area contributed by atoms with Crippen molar-refractivity contribution in [3.05, 3.63) is 273 Å². The van der Waals surface area contributed by atoms with Crippen LogP contribution in [0.25, 0.3) is 66.1 Å². The van der Waals surface area contributed by atoms with E-state index in [2.05, 4.69) is 259 Å². The summed E-state index contributed by atoms with van der Waals surface area (Å²) in [6.45, 7) is 7.19. The lowest BCUT2D eigenvalue weighted by Crippen LogP contribution is -2.25. The lowest BCUT2D eigenvalue weighted by Gasteiger charge is -2.33. The van der Waals surface area contributed by atoms with Crippen LogP contribution in [0, 0.1) is 13.8 Å². The van der Waals surface area contributed by atoms with Crippen molar-refractivity contribution in [2.75, 3.05) is 16.3 Å². The minimum Gasteiger partial charge on any atom is -0.310 e. The molecule has 0 N–H and O–H groups in total. The highest BCUT2D eigenvalue weighted by atomic mass is 15.1. The Labute approximate surface area is 498 Å². The summed E-state index contributed by atoms with van der Waals surface area (Å²) in [5.41, 5.74) is 39.7. The van der Waals surface area contributed by atoms with Crippen molar-refractivity contribution in [2.45, 2.75) is 116 Å². The lowest BCUT2D eigenvalue weighted by molar-refractivity contribution is 0.400. The third kappa shape index (κ3) is 11.0. The molecule has 3 aliphatic rings. The van der Waals surface area contributed by atoms with E-state index in [9.17, 15) is 0 Å². The standard InChI is InChI=1S/C79H75N5/c1-4-5-6-9-46-79(47-10-7-8-11-48-81-82-80)77-53-67(59-30-40-71(41-31-59)83(69-36-18-55(2)19-37-69)73-16-12-14-61(51-73)65-28-24-57-22-26-63(57)49-65)34-44-75(77)76-45-35-68(54-78(76)79)60-32-42-72(43-33-60)84(70-38-20-56(3)21-39-70)74-17-13-15-62(52-74)66-29-25-58-23-27-64(58)50-66/h12-21,24-25,28-45,49-54H,4-11,22-23,26-27,46-48H2,1-3H3. The predicted molar refractivity (Wildman–Crippen MR) is 354 cm³/mol. The van der Waals surface area contributed by atoms with Crippen molar-refractivity contribution in [1.82, 2.24) is 0 Å². The Morgan fingerprint density at radius 1 is 0.369 bits per heavy atom. The van der Waals surface area contributed by atoms with Crippen LogP contribution in [0.15, 0.2) is 224 Å². The largest absolute Gasteiger partial charge is 0.310 e. The molecule has 0 aromatic heterocycles. The van der Waals surface area contributed by atoms with Gasteiger partial charge in [0.2, 0.25) is 0 Å². The molecule has 0 saturated carbocycles. The third-order valence-corrected chi connectivity index (χ3v) is 18.6. The molecule has 0 radical (unpaired) electrons. The number of aryl methyl sites for hydroxylation is 6. The summed E-state index contributed by atoms with van der Waals surface area (Å²) >= 11 is 0. The van der Waals surface area contributed by atoms with Gasteiger partial charge in [0, 0.05) is 51.0 Å². The Morgan fingerprint density at radius 2 is 0.750 bits per heavy atom. The second kappa shape index (κ2) is 24.1. The van der Waals surface area contributed by atoms with E-state index in [-0.39, 0.29) is 5.41 Å². The monoisotopic (exact) mass is 1090 g/mol. The maximum Gasteiger partial charge on any atom is 0.0467 e. The number of azide groups is 1. The van der Waals surface area contributed by atoms with Crippen molar-refractivity contribution < 1.29 is 0 Å². The van der Waals surface area contributed by atoms with E-state index in [1.165, 1.54) is 152 Å². The molecule has 0 atom stereocenters. The first-order valence-electron chi connectivity index (χ1n) is 31.0. The van der Waals surface area contributed by atoms with Gasteiger partial charge in [-0.3, -0.25) is 0 Å². The van der Waals surface area contributed by atoms with Gasteiger partial charge in [-0.05, 0) is 238 Å². The number of hydrogen-bond acceptors (Lipinski definition) is 3. The molecule has 0 spiro atoms. The first-order chi connectivity index (χ1) is 41.3. The highest BCUT2D eigenvalue weighted by Gasteiger charge is 2.43. The molecule has 5 heteroatoms. The van der Waals surface area contributed by atoms with Gasteiger partial charge in [0.05, 0.1) is 0 Å². The van der Waals surface area contributed by atoms with Crippen LogP contribution in [0.5, 0.6) is 0 Å². The summed E-state index contributed by atoms with van der Waals surface area (Å²) in [6.07, 6.45) is 15.9. The van der Waals surface area contributed by atoms with Gasteiger partial charge in [-0.1, -0.05) is 202 Å². The zero-order valence-electron chi connectivity index (χ0n) is 49.1. The van der Waals surface area contributed by atoms with Crippen molar-refractivity contribution in [3.8, 4) is 55.6 Å². The van der Waals surface area contributed by atoms with Crippen LogP contribution in [0.4, 0.5) is 34.1 Å². The Balaban J connectivity index is 0.848. The van der Waals surface area contributed by atoms with E-state index in [1.54, 1.807) is 0 Å². The van der Waals surface area contributed by atoms with Crippen LogP contribution in [-0.4, -0.2) is 6.54 Å². The minimum atomic E-state index is -0.158. The molecular weight excluding hydrogens is 1020 g/mol. The second-order valence-corrected chi connectivity index (χ2v) is 24.0. The van der Waals surface area contributed by atoms with E-state index in [4.69, 9.17) is 5.53 Å². The van der Waals surface area contributed by atoms with Gasteiger partial charge in [-0.2, -0.15) is 0 Å². The van der Waals surface area contributed by atoms with Crippen LogP contribution in [0.1, 0.15) is 116 Å². The Hall–Kier alpha value is -8.89. The van der Waals surface area contributed by atoms with Crippen molar-refractivity contribution in [1.29, 1.82) is 0 Å². The van der Waals surface area contributed by atoms with Crippen LogP contribution < -0.4 is 9.80 Å². The maximum absolute atomic E-state index is 9.02. The van der Waals surface area contributed by atoms with Crippen LogP contribution in [0.2, 0.25) is 0 Å². The van der Waals surface area contributed by atoms with Gasteiger partial charge >= 0.3 is 0 Å². The predicted octanol–water partition coefficient (Wildman–Crippen LogP) is 22.6. The first-order valence-corrected chi connectivity index (χ1v) is 31.0. The van der Waals surface area contributed by atoms with Gasteiger partial charge in [0.1, 0.15) is 0 Å². The molecule has 0 fully saturated rings. The molecule has 84 heavy (non-hydrogen) atoms. The van der Waals surface area contributed by atoms with Crippen molar-refractivity contribution in [2.24, 2.45) is 5.11 Å². The van der Waals surface area contributed by atoms with Gasteiger partial charge in [-0.15, -0.1) is 0 Å². The van der Waals surface area contributed by atoms with Crippen molar-refractivity contribution in [3.63, 3.8) is 0 Å². The number of rotatable bonds is 22. The number of unbranched alkanes of at least 4 members (excludes halogenated alkanes) is 6. The normalized spacial score (nSPS) is 13.1. The van der Waals surface area contributed by atoms with Gasteiger partial charge < -0.3 is 9.80 Å². The Bertz CT molecular complexity index is 3790. The van der Waals surface area contributed by atoms with E-state index < -0.39 is 0 Å². The molecule has 0 aliphatic heterocycles. The molecule has 0 heterocycles. The zero-order valence-corrected chi connectivity index (χ0v) is 49.1. The number of hydrogen-bond donors (Lipinski definition) is 0. The minimum absolute atomic E-state index is 0.158. The quantitative estimate of drug-likeness (QED) is 0.0294. The van der Waals surface area contributed by atoms with E-state index in [1.807, 2.05) is 0 Å². The van der Waals surface area contributed by atoms with E-state index in [0.717, 1.165) is 72.6 Å². The molecule has 10 aromatic rings. The maximum atomic E-state index is 9.02. The molecule has 0 saturated heterocycles. The highest BCUT2D eigenvalue weighted by molar-refractivity contribution is 5.88. The number of anilines is 6. The van der Waals surface area contributed by atoms with Crippen LogP contribution in [0.3, 0.4) is 0 Å². The van der Waals surface area contributed by atoms with Crippen molar-refractivity contribution >= 4 is 34.1 Å². The fourth-order valence-electron chi connectivity index (χ4n) is 13.7. The van der Waals surface area contributed by atoms with Gasteiger partial charge in [0.25, 0.3) is 0 Å². The van der Waals surface area contributed by atoms with Gasteiger partial charge in [0.15, 0.2) is 0 Å². The summed E-state index contributed by atoms with van der Waals surface area (Å²) in [7, 11) is 0. The number of benzene rings is 10. The molecule has 0 bridgehead atoms. The Kier molecular flexibility index (Phi) is 15.6. The average Bonchev–Trinajstić information content (AvgIpc) is 2.43. The summed E-state index contributed by atoms with van der Waals surface area (Å²) in [6, 6.07) is 83.2. The fraction of sp³-hybridized carbons (Fsp3) is 0.241. The molecule has 0 unspecified atom stereocenters. The summed E-state index contributed by atoms with van der Waals surface area (Å²) in [5, 5.41) is 3.87. The Morgan fingerprint density at radius 3 is 1.17 bits per heavy atom. The number of fused-ring (bicyclic) bond motifs is 5. The molecule has 416 valence electrons. The zero-order chi connectivity index (χ0) is 57.0. The molecule has 5 nitrogen and oxygen atoms in total. The summed E-state index contributed by atoms with van der Waals surface area (Å²) < 4.78 is 0. The number of nitrogens with zero attached hydrogens (tertiary/aromatic N) is 5. The molecule has 10 aromatic carbocycles. The smallest absolute Gasteiger partial charge is 0.0467 e. The molecule has 13 rings (SSSR count). The lowest BCUT2D eigenvalue weighted by atomic mass is 9.70.